The smallest absolute Gasteiger partial charge is 0.239 e. The fourth-order valence-electron chi connectivity index (χ4n) is 3.13. The molecular formula is C16H24N6O. The molecule has 0 aliphatic carbocycles. The number of nitrogens with zero attached hydrogens (tertiary/aromatic N) is 5. The van der Waals surface area contributed by atoms with Crippen LogP contribution in [0.3, 0.4) is 0 Å². The molecule has 1 aliphatic heterocycles. The van der Waals surface area contributed by atoms with Gasteiger partial charge in [-0.05, 0) is 39.3 Å². The molecule has 124 valence electrons. The van der Waals surface area contributed by atoms with Crippen LogP contribution in [0.2, 0.25) is 0 Å². The lowest BCUT2D eigenvalue weighted by Gasteiger charge is -2.24. The second kappa shape index (κ2) is 6.95. The van der Waals surface area contributed by atoms with Gasteiger partial charge in [-0.2, -0.15) is 10.2 Å². The summed E-state index contributed by atoms with van der Waals surface area (Å²) in [6.45, 7) is 6.30. The molecule has 7 nitrogen and oxygen atoms in total. The van der Waals surface area contributed by atoms with Crippen LogP contribution in [-0.2, 0) is 11.3 Å². The number of hydrogen-bond acceptors (Lipinski definition) is 4. The number of rotatable bonds is 6. The van der Waals surface area contributed by atoms with Crippen LogP contribution >= 0.6 is 0 Å². The first kappa shape index (κ1) is 15.7. The van der Waals surface area contributed by atoms with Gasteiger partial charge in [-0.25, -0.2) is 4.68 Å². The van der Waals surface area contributed by atoms with E-state index >= 15 is 0 Å². The van der Waals surface area contributed by atoms with Crippen molar-refractivity contribution in [2.24, 2.45) is 0 Å². The monoisotopic (exact) mass is 316 g/mol. The standard InChI is InChI=1S/C16H24N6O/c1-13(2)22-15(6-8-18-22)19-16(23)12-20-9-3-5-14(20)11-21-10-4-7-17-21/h4,6-8,10,13-14H,3,5,9,11-12H2,1-2H3,(H,19,23)/t14-/m1/s1. The van der Waals surface area contributed by atoms with Crippen molar-refractivity contribution in [3.63, 3.8) is 0 Å². The third kappa shape index (κ3) is 3.79. The van der Waals surface area contributed by atoms with E-state index in [1.54, 1.807) is 12.4 Å². The molecule has 23 heavy (non-hydrogen) atoms. The number of likely N-dealkylation sites (tertiary alicyclic amines) is 1. The summed E-state index contributed by atoms with van der Waals surface area (Å²) in [5.41, 5.74) is 0. The Hall–Kier alpha value is -2.15. The molecule has 3 rings (SSSR count). The zero-order chi connectivity index (χ0) is 16.2. The topological polar surface area (TPSA) is 68.0 Å². The van der Waals surface area contributed by atoms with Gasteiger partial charge in [-0.3, -0.25) is 14.4 Å². The van der Waals surface area contributed by atoms with Crippen molar-refractivity contribution in [2.75, 3.05) is 18.4 Å². The predicted octanol–water partition coefficient (Wildman–Crippen LogP) is 1.76. The number of hydrogen-bond donors (Lipinski definition) is 1. The van der Waals surface area contributed by atoms with Crippen LogP contribution in [-0.4, -0.2) is 49.5 Å². The number of carbonyl (C=O) groups excluding carboxylic acids is 1. The second-order valence-electron chi connectivity index (χ2n) is 6.30. The average molecular weight is 316 g/mol. The second-order valence-corrected chi connectivity index (χ2v) is 6.30. The minimum absolute atomic E-state index is 0.0137. The van der Waals surface area contributed by atoms with E-state index < -0.39 is 0 Å². The quantitative estimate of drug-likeness (QED) is 0.882. The lowest BCUT2D eigenvalue weighted by atomic mass is 10.2. The Morgan fingerprint density at radius 2 is 2.26 bits per heavy atom. The summed E-state index contributed by atoms with van der Waals surface area (Å²) < 4.78 is 3.76. The molecule has 1 atom stereocenters. The summed E-state index contributed by atoms with van der Waals surface area (Å²) in [6, 6.07) is 4.36. The highest BCUT2D eigenvalue weighted by atomic mass is 16.2. The van der Waals surface area contributed by atoms with Gasteiger partial charge < -0.3 is 5.32 Å². The lowest BCUT2D eigenvalue weighted by Crippen LogP contribution is -2.39. The Balaban J connectivity index is 1.57. The molecule has 1 saturated heterocycles. The number of amides is 1. The Morgan fingerprint density at radius 3 is 3.00 bits per heavy atom. The van der Waals surface area contributed by atoms with Crippen LogP contribution in [0.5, 0.6) is 0 Å². The van der Waals surface area contributed by atoms with Gasteiger partial charge in [0.1, 0.15) is 5.82 Å². The highest BCUT2D eigenvalue weighted by Crippen LogP contribution is 2.19. The van der Waals surface area contributed by atoms with E-state index in [1.165, 1.54) is 0 Å². The molecule has 1 amide bonds. The fraction of sp³-hybridized carbons (Fsp3) is 0.562. The van der Waals surface area contributed by atoms with Gasteiger partial charge in [-0.1, -0.05) is 0 Å². The first-order valence-corrected chi connectivity index (χ1v) is 8.18. The van der Waals surface area contributed by atoms with E-state index in [-0.39, 0.29) is 11.9 Å². The summed E-state index contributed by atoms with van der Waals surface area (Å²) in [4.78, 5) is 14.6. The van der Waals surface area contributed by atoms with E-state index in [4.69, 9.17) is 0 Å². The van der Waals surface area contributed by atoms with Crippen molar-refractivity contribution in [3.05, 3.63) is 30.7 Å². The molecule has 2 aromatic rings. The molecular weight excluding hydrogens is 292 g/mol. The number of nitrogens with one attached hydrogen (secondary N) is 1. The van der Waals surface area contributed by atoms with E-state index in [0.717, 1.165) is 31.7 Å². The summed E-state index contributed by atoms with van der Waals surface area (Å²) in [5, 5.41) is 11.5. The fourth-order valence-corrected chi connectivity index (χ4v) is 3.13. The molecule has 0 unspecified atom stereocenters. The summed E-state index contributed by atoms with van der Waals surface area (Å²) in [6.07, 6.45) is 7.71. The van der Waals surface area contributed by atoms with Gasteiger partial charge in [0.15, 0.2) is 0 Å². The summed E-state index contributed by atoms with van der Waals surface area (Å²) in [5.74, 6) is 0.771. The minimum atomic E-state index is 0.0137. The first-order chi connectivity index (χ1) is 11.1. The van der Waals surface area contributed by atoms with Gasteiger partial charge >= 0.3 is 0 Å². The van der Waals surface area contributed by atoms with Crippen molar-refractivity contribution in [3.8, 4) is 0 Å². The Morgan fingerprint density at radius 1 is 1.39 bits per heavy atom. The number of aromatic nitrogens is 4. The third-order valence-electron chi connectivity index (χ3n) is 4.23. The van der Waals surface area contributed by atoms with E-state index in [2.05, 4.69) is 20.4 Å². The van der Waals surface area contributed by atoms with Crippen molar-refractivity contribution >= 4 is 11.7 Å². The van der Waals surface area contributed by atoms with Crippen LogP contribution in [0.1, 0.15) is 32.7 Å². The van der Waals surface area contributed by atoms with Crippen molar-refractivity contribution in [1.29, 1.82) is 0 Å². The molecule has 0 saturated carbocycles. The van der Waals surface area contributed by atoms with Gasteiger partial charge in [0.2, 0.25) is 5.91 Å². The maximum Gasteiger partial charge on any atom is 0.239 e. The zero-order valence-electron chi connectivity index (χ0n) is 13.7. The van der Waals surface area contributed by atoms with Crippen LogP contribution in [0.15, 0.2) is 30.7 Å². The SMILES string of the molecule is CC(C)n1nccc1NC(=O)CN1CCC[C@@H]1Cn1cccn1. The lowest BCUT2D eigenvalue weighted by molar-refractivity contribution is -0.117. The van der Waals surface area contributed by atoms with Gasteiger partial charge in [0, 0.05) is 30.5 Å². The summed E-state index contributed by atoms with van der Waals surface area (Å²) >= 11 is 0. The van der Waals surface area contributed by atoms with E-state index in [1.807, 2.05) is 41.5 Å². The minimum Gasteiger partial charge on any atom is -0.310 e. The van der Waals surface area contributed by atoms with Gasteiger partial charge in [-0.15, -0.1) is 0 Å². The molecule has 1 aliphatic rings. The normalized spacial score (nSPS) is 18.7. The van der Waals surface area contributed by atoms with E-state index in [9.17, 15) is 4.79 Å². The molecule has 0 aromatic carbocycles. The van der Waals surface area contributed by atoms with E-state index in [0.29, 0.717) is 12.6 Å². The van der Waals surface area contributed by atoms with Crippen molar-refractivity contribution in [1.82, 2.24) is 24.5 Å². The van der Waals surface area contributed by atoms with Crippen molar-refractivity contribution < 1.29 is 4.79 Å². The maximum absolute atomic E-state index is 12.4. The van der Waals surface area contributed by atoms with Crippen LogP contribution < -0.4 is 5.32 Å². The molecule has 3 heterocycles. The molecule has 1 fully saturated rings. The maximum atomic E-state index is 12.4. The van der Waals surface area contributed by atoms with Crippen molar-refractivity contribution in [2.45, 2.75) is 45.3 Å². The average Bonchev–Trinajstić information content (AvgIpc) is 3.22. The zero-order valence-corrected chi connectivity index (χ0v) is 13.7. The number of carbonyl (C=O) groups is 1. The largest absolute Gasteiger partial charge is 0.310 e. The molecule has 2 aromatic heterocycles. The summed E-state index contributed by atoms with van der Waals surface area (Å²) in [7, 11) is 0. The van der Waals surface area contributed by atoms with Gasteiger partial charge in [0.05, 0.1) is 19.3 Å². The highest BCUT2D eigenvalue weighted by Gasteiger charge is 2.26. The Kier molecular flexibility index (Phi) is 4.76. The highest BCUT2D eigenvalue weighted by molar-refractivity contribution is 5.91. The predicted molar refractivity (Wildman–Crippen MR) is 88.1 cm³/mol. The first-order valence-electron chi connectivity index (χ1n) is 8.18. The molecule has 1 N–H and O–H groups in total. The Bertz CT molecular complexity index is 633. The molecule has 0 radical (unpaired) electrons. The van der Waals surface area contributed by atoms with Gasteiger partial charge in [0.25, 0.3) is 0 Å². The van der Waals surface area contributed by atoms with Crippen LogP contribution in [0.4, 0.5) is 5.82 Å². The molecule has 7 heteroatoms. The third-order valence-corrected chi connectivity index (χ3v) is 4.23. The Labute approximate surface area is 136 Å². The molecule has 0 bridgehead atoms. The van der Waals surface area contributed by atoms with Crippen LogP contribution in [0.25, 0.3) is 0 Å². The number of anilines is 1. The van der Waals surface area contributed by atoms with Crippen LogP contribution in [0, 0.1) is 0 Å². The molecule has 0 spiro atoms.